The molecule has 0 amide bonds. The first kappa shape index (κ1) is 33.4. The Balaban J connectivity index is 0.000000108. The molecule has 10 nitrogen and oxygen atoms in total. The Morgan fingerprint density at radius 2 is 1.04 bits per heavy atom. The molecule has 0 atom stereocenters. The summed E-state index contributed by atoms with van der Waals surface area (Å²) in [4.78, 5) is 20.2. The Hall–Kier alpha value is -6.55. The SMILES string of the molecule is Cc1ccc2ncoc2c1.Cc1ccc2ocnc2c1.Cc1cccc2ncoc12.Cc1cccc2ocnc12.Cc1nc2ccccc2o1. The van der Waals surface area contributed by atoms with E-state index in [1.165, 1.54) is 36.7 Å². The monoisotopic (exact) mass is 665 g/mol. The Kier molecular flexibility index (Phi) is 10.4. The second-order valence-electron chi connectivity index (χ2n) is 11.4. The number of hydrogen-bond donors (Lipinski definition) is 0. The summed E-state index contributed by atoms with van der Waals surface area (Å²) in [6, 6.07) is 31.4. The number of benzene rings is 5. The first-order valence-corrected chi connectivity index (χ1v) is 15.8. The zero-order chi connectivity index (χ0) is 34.9. The molecule has 0 bridgehead atoms. The highest BCUT2D eigenvalue weighted by Gasteiger charge is 2.00. The van der Waals surface area contributed by atoms with Crippen molar-refractivity contribution in [3.05, 3.63) is 151 Å². The molecule has 0 saturated heterocycles. The summed E-state index contributed by atoms with van der Waals surface area (Å²) >= 11 is 0. The summed E-state index contributed by atoms with van der Waals surface area (Å²) < 4.78 is 25.6. The summed E-state index contributed by atoms with van der Waals surface area (Å²) in [6.45, 7) is 9.94. The molecule has 10 heteroatoms. The number of oxazole rings is 5. The highest BCUT2D eigenvalue weighted by Crippen LogP contribution is 2.17. The van der Waals surface area contributed by atoms with Crippen LogP contribution < -0.4 is 0 Å². The van der Waals surface area contributed by atoms with Crippen LogP contribution in [0.3, 0.4) is 0 Å². The largest absolute Gasteiger partial charge is 0.443 e. The minimum atomic E-state index is 0.723. The lowest BCUT2D eigenvalue weighted by atomic mass is 10.2. The van der Waals surface area contributed by atoms with Gasteiger partial charge in [-0.15, -0.1) is 0 Å². The van der Waals surface area contributed by atoms with Crippen molar-refractivity contribution in [3.8, 4) is 0 Å². The van der Waals surface area contributed by atoms with Gasteiger partial charge in [0.1, 0.15) is 27.6 Å². The smallest absolute Gasteiger partial charge is 0.192 e. The fraction of sp³-hybridized carbons (Fsp3) is 0.125. The van der Waals surface area contributed by atoms with Crippen LogP contribution in [0.4, 0.5) is 0 Å². The zero-order valence-corrected chi connectivity index (χ0v) is 28.3. The van der Waals surface area contributed by atoms with Crippen LogP contribution in [0, 0.1) is 34.6 Å². The third kappa shape index (κ3) is 8.29. The second-order valence-corrected chi connectivity index (χ2v) is 11.4. The minimum absolute atomic E-state index is 0.723. The van der Waals surface area contributed by atoms with Crippen LogP contribution in [-0.2, 0) is 0 Å². The molecule has 0 aliphatic carbocycles. The molecule has 5 heterocycles. The van der Waals surface area contributed by atoms with Crippen molar-refractivity contribution in [3.63, 3.8) is 0 Å². The average molecular weight is 666 g/mol. The zero-order valence-electron chi connectivity index (χ0n) is 28.3. The van der Waals surface area contributed by atoms with E-state index in [-0.39, 0.29) is 0 Å². The molecule has 50 heavy (non-hydrogen) atoms. The fourth-order valence-electron chi connectivity index (χ4n) is 4.97. The Bertz CT molecular complexity index is 2410. The molecule has 0 N–H and O–H groups in total. The van der Waals surface area contributed by atoms with Crippen LogP contribution in [0.1, 0.15) is 28.1 Å². The van der Waals surface area contributed by atoms with Gasteiger partial charge in [0, 0.05) is 6.92 Å². The van der Waals surface area contributed by atoms with Gasteiger partial charge in [0.2, 0.25) is 0 Å². The number of fused-ring (bicyclic) bond motifs is 5. The van der Waals surface area contributed by atoms with E-state index in [9.17, 15) is 0 Å². The van der Waals surface area contributed by atoms with Gasteiger partial charge in [-0.25, -0.2) is 24.9 Å². The van der Waals surface area contributed by atoms with E-state index in [0.717, 1.165) is 72.5 Å². The van der Waals surface area contributed by atoms with Crippen LogP contribution in [0.2, 0.25) is 0 Å². The topological polar surface area (TPSA) is 130 Å². The fourth-order valence-corrected chi connectivity index (χ4v) is 4.97. The summed E-state index contributed by atoms with van der Waals surface area (Å²) in [5.41, 5.74) is 13.7. The molecular formula is C40H35N5O5. The highest BCUT2D eigenvalue weighted by atomic mass is 16.4. The maximum atomic E-state index is 5.26. The molecule has 0 fully saturated rings. The van der Waals surface area contributed by atoms with E-state index in [4.69, 9.17) is 22.1 Å². The van der Waals surface area contributed by atoms with Gasteiger partial charge in [-0.3, -0.25) is 0 Å². The molecule has 5 aromatic carbocycles. The normalized spacial score (nSPS) is 10.5. The first-order chi connectivity index (χ1) is 24.3. The lowest BCUT2D eigenvalue weighted by Crippen LogP contribution is -1.72. The van der Waals surface area contributed by atoms with Crippen LogP contribution in [0.25, 0.3) is 55.5 Å². The summed E-state index contributed by atoms with van der Waals surface area (Å²) in [5, 5.41) is 0. The van der Waals surface area contributed by atoms with E-state index in [2.05, 4.69) is 24.9 Å². The van der Waals surface area contributed by atoms with Crippen LogP contribution in [0.5, 0.6) is 0 Å². The lowest BCUT2D eigenvalue weighted by Gasteiger charge is -1.88. The van der Waals surface area contributed by atoms with Gasteiger partial charge in [0.15, 0.2) is 59.4 Å². The van der Waals surface area contributed by atoms with E-state index in [1.54, 1.807) is 0 Å². The van der Waals surface area contributed by atoms with E-state index < -0.39 is 0 Å². The van der Waals surface area contributed by atoms with Gasteiger partial charge in [-0.2, -0.15) is 0 Å². The molecule has 0 aliphatic heterocycles. The molecule has 10 aromatic rings. The molecule has 10 rings (SSSR count). The average Bonchev–Trinajstić information content (AvgIpc) is 3.96. The number of rotatable bonds is 0. The van der Waals surface area contributed by atoms with Gasteiger partial charge in [-0.1, -0.05) is 48.5 Å². The highest BCUT2D eigenvalue weighted by molar-refractivity contribution is 5.76. The predicted octanol–water partition coefficient (Wildman–Crippen LogP) is 10.7. The lowest BCUT2D eigenvalue weighted by molar-refractivity contribution is 0.561. The Labute approximate surface area is 287 Å². The standard InChI is InChI=1S/5C8H7NO/c1-6-2-3-8-7(4-6)9-5-10-8;1-6-2-3-7-8(4-6)10-5-9-7;1-6-3-2-4-7-8(6)9-5-10-7;1-6-3-2-4-7-8(6)10-5-9-7;1-6-9-7-4-2-3-5-8(7)10-6/h5*2-5H,1H3. The molecule has 0 unspecified atom stereocenters. The van der Waals surface area contributed by atoms with Crippen molar-refractivity contribution < 1.29 is 22.1 Å². The van der Waals surface area contributed by atoms with Crippen molar-refractivity contribution in [2.24, 2.45) is 0 Å². The Morgan fingerprint density at radius 1 is 0.420 bits per heavy atom. The van der Waals surface area contributed by atoms with E-state index in [0.29, 0.717) is 0 Å². The van der Waals surface area contributed by atoms with Gasteiger partial charge in [-0.05, 0) is 98.5 Å². The third-order valence-corrected chi connectivity index (χ3v) is 7.49. The van der Waals surface area contributed by atoms with Crippen molar-refractivity contribution in [2.75, 3.05) is 0 Å². The minimum Gasteiger partial charge on any atom is -0.443 e. The molecule has 0 saturated carbocycles. The van der Waals surface area contributed by atoms with Crippen LogP contribution in [0.15, 0.2) is 145 Å². The second kappa shape index (κ2) is 15.6. The number of para-hydroxylation sites is 4. The van der Waals surface area contributed by atoms with Crippen molar-refractivity contribution in [2.45, 2.75) is 34.6 Å². The Morgan fingerprint density at radius 3 is 1.86 bits per heavy atom. The maximum Gasteiger partial charge on any atom is 0.192 e. The number of hydrogen-bond acceptors (Lipinski definition) is 10. The number of aryl methyl sites for hydroxylation is 5. The van der Waals surface area contributed by atoms with Crippen LogP contribution >= 0.6 is 0 Å². The summed E-state index contributed by atoms with van der Waals surface area (Å²) in [5.74, 6) is 0.723. The summed E-state index contributed by atoms with van der Waals surface area (Å²) in [7, 11) is 0. The molecule has 0 spiro atoms. The predicted molar refractivity (Wildman–Crippen MR) is 194 cm³/mol. The summed E-state index contributed by atoms with van der Waals surface area (Å²) in [6.07, 6.45) is 5.86. The van der Waals surface area contributed by atoms with Gasteiger partial charge < -0.3 is 22.1 Å². The molecular weight excluding hydrogens is 630 g/mol. The third-order valence-electron chi connectivity index (χ3n) is 7.49. The molecule has 5 aromatic heterocycles. The first-order valence-electron chi connectivity index (χ1n) is 15.8. The number of aromatic nitrogens is 5. The van der Waals surface area contributed by atoms with Crippen molar-refractivity contribution in [1.29, 1.82) is 0 Å². The van der Waals surface area contributed by atoms with Crippen LogP contribution in [-0.4, -0.2) is 24.9 Å². The van der Waals surface area contributed by atoms with Gasteiger partial charge >= 0.3 is 0 Å². The number of nitrogens with zero attached hydrogens (tertiary/aromatic N) is 5. The van der Waals surface area contributed by atoms with Gasteiger partial charge in [0.25, 0.3) is 0 Å². The van der Waals surface area contributed by atoms with Crippen molar-refractivity contribution in [1.82, 2.24) is 24.9 Å². The molecule has 250 valence electrons. The molecule has 0 radical (unpaired) electrons. The van der Waals surface area contributed by atoms with E-state index >= 15 is 0 Å². The van der Waals surface area contributed by atoms with E-state index in [1.807, 2.05) is 132 Å². The molecule has 0 aliphatic rings. The maximum absolute atomic E-state index is 5.26. The van der Waals surface area contributed by atoms with Gasteiger partial charge in [0.05, 0.1) is 0 Å². The van der Waals surface area contributed by atoms with Crippen molar-refractivity contribution >= 4 is 55.5 Å². The quantitative estimate of drug-likeness (QED) is 0.154.